The molecular weight excluding hydrogens is 206 g/mol. The average Bonchev–Trinajstić information content (AvgIpc) is 2.00. The van der Waals surface area contributed by atoms with E-state index in [1.54, 1.807) is 0 Å². The SMILES string of the molecule is C=CC[N+](C)(C)C(O)(CC)S(=O)(=O)O. The molecule has 0 aliphatic carbocycles. The predicted molar refractivity (Wildman–Crippen MR) is 54.0 cm³/mol. The lowest BCUT2D eigenvalue weighted by Crippen LogP contribution is -2.63. The van der Waals surface area contributed by atoms with Gasteiger partial charge in [-0.05, 0) is 6.08 Å². The van der Waals surface area contributed by atoms with Gasteiger partial charge in [0.2, 0.25) is 0 Å². The molecule has 0 aliphatic rings. The molecule has 0 rings (SSSR count). The molecule has 0 aliphatic heterocycles. The van der Waals surface area contributed by atoms with Gasteiger partial charge < -0.3 is 5.11 Å². The zero-order valence-electron chi connectivity index (χ0n) is 8.77. The molecule has 0 aromatic heterocycles. The highest BCUT2D eigenvalue weighted by molar-refractivity contribution is 7.86. The molecule has 0 saturated carbocycles. The zero-order chi connectivity index (χ0) is 11.6. The van der Waals surface area contributed by atoms with Crippen molar-refractivity contribution in [2.45, 2.75) is 18.4 Å². The van der Waals surface area contributed by atoms with Crippen LogP contribution in [0.5, 0.6) is 0 Å². The second-order valence-corrected chi connectivity index (χ2v) is 5.33. The van der Waals surface area contributed by atoms with Gasteiger partial charge in [0.1, 0.15) is 0 Å². The number of nitrogens with zero attached hydrogens (tertiary/aromatic N) is 1. The molecule has 84 valence electrons. The number of quaternary nitrogens is 1. The van der Waals surface area contributed by atoms with Gasteiger partial charge in [0.25, 0.3) is 0 Å². The first kappa shape index (κ1) is 13.6. The van der Waals surface area contributed by atoms with Crippen LogP contribution in [0.3, 0.4) is 0 Å². The van der Waals surface area contributed by atoms with E-state index in [0.717, 1.165) is 0 Å². The first-order valence-electron chi connectivity index (χ1n) is 4.26. The number of likely N-dealkylation sites (N-methyl/N-ethyl adjacent to an activating group) is 1. The van der Waals surface area contributed by atoms with Crippen molar-refractivity contribution in [2.24, 2.45) is 0 Å². The maximum atomic E-state index is 11.1. The average molecular weight is 224 g/mol. The maximum absolute atomic E-state index is 11.1. The minimum Gasteiger partial charge on any atom is -0.328 e. The van der Waals surface area contributed by atoms with Crippen LogP contribution in [0.1, 0.15) is 13.3 Å². The summed E-state index contributed by atoms with van der Waals surface area (Å²) in [6.45, 7) is 5.21. The Hall–Kier alpha value is -0.430. The molecular formula is C8H18NO4S+. The molecule has 14 heavy (non-hydrogen) atoms. The fraction of sp³-hybridized carbons (Fsp3) is 0.750. The van der Waals surface area contributed by atoms with Crippen LogP contribution in [0.25, 0.3) is 0 Å². The Kier molecular flexibility index (Phi) is 3.85. The highest BCUT2D eigenvalue weighted by Gasteiger charge is 2.53. The molecule has 0 aromatic carbocycles. The van der Waals surface area contributed by atoms with Crippen molar-refractivity contribution in [3.63, 3.8) is 0 Å². The fourth-order valence-corrected chi connectivity index (χ4v) is 2.45. The van der Waals surface area contributed by atoms with Crippen molar-refractivity contribution in [2.75, 3.05) is 20.6 Å². The van der Waals surface area contributed by atoms with Crippen molar-refractivity contribution in [3.05, 3.63) is 12.7 Å². The molecule has 0 bridgehead atoms. The summed E-state index contributed by atoms with van der Waals surface area (Å²) in [6, 6.07) is 0. The van der Waals surface area contributed by atoms with Crippen molar-refractivity contribution >= 4 is 10.1 Å². The molecule has 0 saturated heterocycles. The minimum atomic E-state index is -4.51. The molecule has 6 heteroatoms. The van der Waals surface area contributed by atoms with E-state index < -0.39 is 15.2 Å². The van der Waals surface area contributed by atoms with E-state index in [1.807, 2.05) is 0 Å². The summed E-state index contributed by atoms with van der Waals surface area (Å²) >= 11 is 0. The summed E-state index contributed by atoms with van der Waals surface area (Å²) < 4.78 is 30.8. The van der Waals surface area contributed by atoms with Gasteiger partial charge in [-0.25, -0.2) is 0 Å². The second-order valence-electron chi connectivity index (χ2n) is 3.73. The van der Waals surface area contributed by atoms with E-state index >= 15 is 0 Å². The Morgan fingerprint density at radius 1 is 1.50 bits per heavy atom. The first-order valence-corrected chi connectivity index (χ1v) is 5.70. The maximum Gasteiger partial charge on any atom is 0.350 e. The Balaban J connectivity index is 5.35. The largest absolute Gasteiger partial charge is 0.350 e. The molecule has 1 atom stereocenters. The standard InChI is InChI=1S/C8H17NO4S/c1-5-7-9(3,4)8(10,6-2)14(11,12)13/h5,10H,1,6-7H2,2-4H3/p+1. The van der Waals surface area contributed by atoms with Crippen LogP contribution in [-0.2, 0) is 10.1 Å². The van der Waals surface area contributed by atoms with Crippen LogP contribution in [0.2, 0.25) is 0 Å². The Labute approximate surface area is 85.0 Å². The van der Waals surface area contributed by atoms with E-state index in [1.165, 1.54) is 27.1 Å². The summed E-state index contributed by atoms with van der Waals surface area (Å²) in [7, 11) is -1.49. The highest BCUT2D eigenvalue weighted by atomic mass is 32.2. The summed E-state index contributed by atoms with van der Waals surface area (Å²) in [5, 5.41) is 7.72. The van der Waals surface area contributed by atoms with Crippen LogP contribution in [0.4, 0.5) is 0 Å². The Bertz CT molecular complexity index is 309. The number of hydrogen-bond acceptors (Lipinski definition) is 3. The van der Waals surface area contributed by atoms with E-state index in [-0.39, 0.29) is 17.4 Å². The van der Waals surface area contributed by atoms with Crippen molar-refractivity contribution < 1.29 is 22.6 Å². The van der Waals surface area contributed by atoms with Crippen LogP contribution >= 0.6 is 0 Å². The van der Waals surface area contributed by atoms with Gasteiger partial charge in [-0.1, -0.05) is 13.5 Å². The van der Waals surface area contributed by atoms with Gasteiger partial charge in [0.05, 0.1) is 20.6 Å². The number of aliphatic hydroxyl groups is 1. The van der Waals surface area contributed by atoms with E-state index in [0.29, 0.717) is 0 Å². The Morgan fingerprint density at radius 2 is 1.93 bits per heavy atom. The molecule has 5 nitrogen and oxygen atoms in total. The van der Waals surface area contributed by atoms with Gasteiger partial charge in [-0.2, -0.15) is 8.42 Å². The fourth-order valence-electron chi connectivity index (χ4n) is 1.39. The highest BCUT2D eigenvalue weighted by Crippen LogP contribution is 2.27. The molecule has 1 unspecified atom stereocenters. The minimum absolute atomic E-state index is 0.0906. The lowest BCUT2D eigenvalue weighted by Gasteiger charge is -2.40. The van der Waals surface area contributed by atoms with Crippen LogP contribution in [-0.4, -0.2) is 48.3 Å². The van der Waals surface area contributed by atoms with Crippen LogP contribution < -0.4 is 0 Å². The van der Waals surface area contributed by atoms with Gasteiger partial charge in [0, 0.05) is 6.42 Å². The lowest BCUT2D eigenvalue weighted by molar-refractivity contribution is -0.944. The summed E-state index contributed by atoms with van der Waals surface area (Å²) in [5.41, 5.74) is 0. The topological polar surface area (TPSA) is 74.6 Å². The quantitative estimate of drug-likeness (QED) is 0.302. The van der Waals surface area contributed by atoms with E-state index in [2.05, 4.69) is 6.58 Å². The summed E-state index contributed by atoms with van der Waals surface area (Å²) in [5.74, 6) is 0. The molecule has 0 heterocycles. The molecule has 0 radical (unpaired) electrons. The molecule has 0 aromatic rings. The molecule has 0 amide bonds. The van der Waals surface area contributed by atoms with Crippen molar-refractivity contribution in [1.82, 2.24) is 0 Å². The molecule has 0 spiro atoms. The van der Waals surface area contributed by atoms with Crippen LogP contribution in [0.15, 0.2) is 12.7 Å². The number of hydrogen-bond donors (Lipinski definition) is 2. The van der Waals surface area contributed by atoms with Gasteiger partial charge in [0.15, 0.2) is 0 Å². The third-order valence-corrected chi connectivity index (χ3v) is 4.01. The van der Waals surface area contributed by atoms with Gasteiger partial charge in [-0.3, -0.25) is 9.04 Å². The predicted octanol–water partition coefficient (Wildman–Crippen LogP) is 0.193. The van der Waals surface area contributed by atoms with Crippen LogP contribution in [0, 0.1) is 0 Å². The normalized spacial score (nSPS) is 17.5. The molecule has 0 fully saturated rings. The van der Waals surface area contributed by atoms with Gasteiger partial charge in [-0.15, -0.1) is 0 Å². The third kappa shape index (κ3) is 2.14. The number of rotatable bonds is 5. The van der Waals surface area contributed by atoms with Gasteiger partial charge >= 0.3 is 15.2 Å². The second kappa shape index (κ2) is 3.98. The monoisotopic (exact) mass is 224 g/mol. The zero-order valence-corrected chi connectivity index (χ0v) is 9.58. The summed E-state index contributed by atoms with van der Waals surface area (Å²) in [4.78, 5) is 0. The molecule has 2 N–H and O–H groups in total. The van der Waals surface area contributed by atoms with Crippen molar-refractivity contribution in [3.8, 4) is 0 Å². The third-order valence-electron chi connectivity index (χ3n) is 2.41. The van der Waals surface area contributed by atoms with Crippen molar-refractivity contribution in [1.29, 1.82) is 0 Å². The first-order chi connectivity index (χ1) is 6.12. The lowest BCUT2D eigenvalue weighted by atomic mass is 10.3. The van der Waals surface area contributed by atoms with E-state index in [9.17, 15) is 13.5 Å². The van der Waals surface area contributed by atoms with E-state index in [4.69, 9.17) is 4.55 Å². The summed E-state index contributed by atoms with van der Waals surface area (Å²) in [6.07, 6.45) is 1.40. The smallest absolute Gasteiger partial charge is 0.328 e. The Morgan fingerprint density at radius 3 is 2.14 bits per heavy atom.